The van der Waals surface area contributed by atoms with Crippen molar-refractivity contribution in [3.63, 3.8) is 0 Å². The normalized spacial score (nSPS) is 18.1. The lowest BCUT2D eigenvalue weighted by Crippen LogP contribution is -2.33. The number of hydrogen-bond donors (Lipinski definition) is 4. The monoisotopic (exact) mass is 441 g/mol. The maximum absolute atomic E-state index is 13.0. The molecule has 5 N–H and O–H groups in total. The first-order valence-electron chi connectivity index (χ1n) is 11.2. The van der Waals surface area contributed by atoms with Crippen LogP contribution in [0.25, 0.3) is 5.65 Å². The molecule has 168 valence electrons. The molecule has 0 bridgehead atoms. The van der Waals surface area contributed by atoms with E-state index in [1.165, 1.54) is 0 Å². The Kier molecular flexibility index (Phi) is 5.91. The van der Waals surface area contributed by atoms with Gasteiger partial charge in [0.1, 0.15) is 5.82 Å². The highest BCUT2D eigenvalue weighted by molar-refractivity contribution is 6.03. The maximum atomic E-state index is 13.0. The van der Waals surface area contributed by atoms with Crippen LogP contribution in [0.3, 0.4) is 0 Å². The van der Waals surface area contributed by atoms with Gasteiger partial charge in [-0.05, 0) is 49.9 Å². The molecule has 2 aromatic carbocycles. The van der Waals surface area contributed by atoms with E-state index < -0.39 is 0 Å². The molecule has 0 saturated heterocycles. The summed E-state index contributed by atoms with van der Waals surface area (Å²) in [6.45, 7) is 0. The molecule has 1 amide bonds. The van der Waals surface area contributed by atoms with Crippen molar-refractivity contribution in [3.8, 4) is 0 Å². The molecular weight excluding hydrogens is 414 g/mol. The first-order valence-corrected chi connectivity index (χ1v) is 11.2. The van der Waals surface area contributed by atoms with Crippen LogP contribution in [0.1, 0.15) is 36.2 Å². The smallest absolute Gasteiger partial charge is 0.276 e. The first kappa shape index (κ1) is 21.0. The fraction of sp³-hybridized carbons (Fsp3) is 0.240. The predicted molar refractivity (Wildman–Crippen MR) is 131 cm³/mol. The van der Waals surface area contributed by atoms with E-state index >= 15 is 0 Å². The minimum absolute atomic E-state index is 0.271. The van der Waals surface area contributed by atoms with Crippen LogP contribution in [-0.2, 0) is 0 Å². The van der Waals surface area contributed by atoms with Crippen molar-refractivity contribution in [2.45, 2.75) is 37.8 Å². The fourth-order valence-electron chi connectivity index (χ4n) is 4.15. The van der Waals surface area contributed by atoms with Gasteiger partial charge in [-0.25, -0.2) is 9.50 Å². The molecule has 2 heterocycles. The third-order valence-corrected chi connectivity index (χ3v) is 5.91. The Morgan fingerprint density at radius 1 is 0.939 bits per heavy atom. The molecule has 1 aliphatic rings. The van der Waals surface area contributed by atoms with E-state index in [-0.39, 0.29) is 11.9 Å². The Morgan fingerprint density at radius 2 is 1.61 bits per heavy atom. The summed E-state index contributed by atoms with van der Waals surface area (Å²) in [5, 5.41) is 14.6. The molecule has 0 aliphatic heterocycles. The molecule has 1 aliphatic carbocycles. The first-order chi connectivity index (χ1) is 16.2. The average molecular weight is 442 g/mol. The zero-order chi connectivity index (χ0) is 22.6. The number of amides is 1. The molecule has 8 heteroatoms. The van der Waals surface area contributed by atoms with Gasteiger partial charge in [-0.3, -0.25) is 4.79 Å². The van der Waals surface area contributed by atoms with E-state index in [4.69, 9.17) is 10.8 Å². The highest BCUT2D eigenvalue weighted by Gasteiger charge is 2.21. The molecule has 1 saturated carbocycles. The molecule has 0 atom stereocenters. The number of anilines is 4. The molecule has 33 heavy (non-hydrogen) atoms. The minimum Gasteiger partial charge on any atom is -0.366 e. The van der Waals surface area contributed by atoms with E-state index in [0.717, 1.165) is 37.1 Å². The van der Waals surface area contributed by atoms with Gasteiger partial charge in [0.05, 0.1) is 11.9 Å². The zero-order valence-corrected chi connectivity index (χ0v) is 18.2. The summed E-state index contributed by atoms with van der Waals surface area (Å²) in [7, 11) is 0. The molecular formula is C25H27N7O. The van der Waals surface area contributed by atoms with Crippen molar-refractivity contribution in [2.24, 2.45) is 5.73 Å². The number of nitrogens with two attached hydrogens (primary N) is 1. The largest absolute Gasteiger partial charge is 0.366 e. The van der Waals surface area contributed by atoms with Crippen LogP contribution >= 0.6 is 0 Å². The van der Waals surface area contributed by atoms with E-state index in [9.17, 15) is 4.79 Å². The number of carbonyl (C=O) groups is 1. The maximum Gasteiger partial charge on any atom is 0.276 e. The number of imidazole rings is 1. The molecule has 5 rings (SSSR count). The third-order valence-electron chi connectivity index (χ3n) is 5.91. The molecule has 4 aromatic rings. The van der Waals surface area contributed by atoms with Crippen LogP contribution in [0.5, 0.6) is 0 Å². The van der Waals surface area contributed by atoms with Crippen LogP contribution in [0, 0.1) is 0 Å². The van der Waals surface area contributed by atoms with Crippen LogP contribution in [0.2, 0.25) is 0 Å². The van der Waals surface area contributed by atoms with E-state index in [1.54, 1.807) is 10.7 Å². The fourth-order valence-corrected chi connectivity index (χ4v) is 4.15. The number of aromatic nitrogens is 3. The molecule has 1 fully saturated rings. The number of para-hydroxylation sites is 2. The van der Waals surface area contributed by atoms with Crippen molar-refractivity contribution in [3.05, 3.63) is 78.6 Å². The summed E-state index contributed by atoms with van der Waals surface area (Å²) in [6, 6.07) is 21.7. The Balaban J connectivity index is 1.49. The highest BCUT2D eigenvalue weighted by Crippen LogP contribution is 2.27. The number of rotatable bonds is 6. The number of fused-ring (bicyclic) bond motifs is 1. The van der Waals surface area contributed by atoms with Gasteiger partial charge in [0.15, 0.2) is 11.3 Å². The van der Waals surface area contributed by atoms with Crippen molar-refractivity contribution in [2.75, 3.05) is 16.0 Å². The van der Waals surface area contributed by atoms with Crippen molar-refractivity contribution in [1.82, 2.24) is 14.6 Å². The molecule has 0 unspecified atom stereocenters. The minimum atomic E-state index is -0.271. The standard InChI is InChI=1S/C25H27N7O/c26-17-11-13-20(14-12-17)29-23-15-21(28-18-7-3-1-4-8-18)24-27-16-22(32(24)31-23)25(33)30-19-9-5-2-6-10-19/h1-10,15-17,20,28H,11-14,26H2,(H,29,31)(H,30,33)/t17-,20-. The van der Waals surface area contributed by atoms with Crippen LogP contribution < -0.4 is 21.7 Å². The van der Waals surface area contributed by atoms with Crippen LogP contribution in [0.4, 0.5) is 22.9 Å². The summed E-state index contributed by atoms with van der Waals surface area (Å²) >= 11 is 0. The second-order valence-electron chi connectivity index (χ2n) is 8.39. The van der Waals surface area contributed by atoms with E-state index in [0.29, 0.717) is 28.9 Å². The van der Waals surface area contributed by atoms with Crippen molar-refractivity contribution in [1.29, 1.82) is 0 Å². The van der Waals surface area contributed by atoms with Crippen LogP contribution in [0.15, 0.2) is 72.9 Å². The Labute approximate surface area is 192 Å². The van der Waals surface area contributed by atoms with Crippen molar-refractivity contribution < 1.29 is 4.79 Å². The van der Waals surface area contributed by atoms with Gasteiger partial charge in [-0.2, -0.15) is 0 Å². The van der Waals surface area contributed by atoms with Gasteiger partial charge in [0, 0.05) is 29.5 Å². The van der Waals surface area contributed by atoms with Gasteiger partial charge in [-0.1, -0.05) is 36.4 Å². The van der Waals surface area contributed by atoms with Gasteiger partial charge < -0.3 is 21.7 Å². The lowest BCUT2D eigenvalue weighted by molar-refractivity contribution is 0.102. The molecule has 0 spiro atoms. The number of hydrogen-bond acceptors (Lipinski definition) is 6. The van der Waals surface area contributed by atoms with Crippen LogP contribution in [-0.4, -0.2) is 32.6 Å². The molecule has 8 nitrogen and oxygen atoms in total. The van der Waals surface area contributed by atoms with Gasteiger partial charge in [-0.15, -0.1) is 5.10 Å². The quantitative estimate of drug-likeness (QED) is 0.353. The van der Waals surface area contributed by atoms with Gasteiger partial charge in [0.2, 0.25) is 0 Å². The topological polar surface area (TPSA) is 109 Å². The van der Waals surface area contributed by atoms with E-state index in [1.807, 2.05) is 66.7 Å². The van der Waals surface area contributed by atoms with Gasteiger partial charge in [0.25, 0.3) is 5.91 Å². The lowest BCUT2D eigenvalue weighted by Gasteiger charge is -2.27. The molecule has 2 aromatic heterocycles. The lowest BCUT2D eigenvalue weighted by atomic mass is 9.92. The highest BCUT2D eigenvalue weighted by atomic mass is 16.2. The summed E-state index contributed by atoms with van der Waals surface area (Å²) in [5.74, 6) is 0.417. The van der Waals surface area contributed by atoms with E-state index in [2.05, 4.69) is 20.9 Å². The number of benzene rings is 2. The molecule has 0 radical (unpaired) electrons. The third kappa shape index (κ3) is 4.80. The summed E-state index contributed by atoms with van der Waals surface area (Å²) in [4.78, 5) is 17.5. The second kappa shape index (κ2) is 9.30. The summed E-state index contributed by atoms with van der Waals surface area (Å²) in [5.41, 5.74) is 9.42. The Bertz CT molecular complexity index is 1230. The predicted octanol–water partition coefficient (Wildman–Crippen LogP) is 4.41. The van der Waals surface area contributed by atoms with Gasteiger partial charge >= 0.3 is 0 Å². The Morgan fingerprint density at radius 3 is 2.30 bits per heavy atom. The average Bonchev–Trinajstić information content (AvgIpc) is 3.26. The summed E-state index contributed by atoms with van der Waals surface area (Å²) < 4.78 is 1.60. The zero-order valence-electron chi connectivity index (χ0n) is 18.2. The number of nitrogens with one attached hydrogen (secondary N) is 3. The van der Waals surface area contributed by atoms with Crippen molar-refractivity contribution >= 4 is 34.4 Å². The SMILES string of the molecule is N[C@H]1CC[C@H](Nc2cc(Nc3ccccc3)c3ncc(C(=O)Nc4ccccc4)n3n2)CC1. The second-order valence-corrected chi connectivity index (χ2v) is 8.39. The number of carbonyl (C=O) groups excluding carboxylic acids is 1. The summed E-state index contributed by atoms with van der Waals surface area (Å²) in [6.07, 6.45) is 5.52. The Hall–Kier alpha value is -3.91. The number of nitrogens with zero attached hydrogens (tertiary/aromatic N) is 3.